The fraction of sp³-hybridized carbons (Fsp3) is 0.462. The first-order valence-electron chi connectivity index (χ1n) is 5.48. The summed E-state index contributed by atoms with van der Waals surface area (Å²) in [6, 6.07) is 8.13. The largest absolute Gasteiger partial charge is 0.481 e. The van der Waals surface area contributed by atoms with Gasteiger partial charge in [0, 0.05) is 0 Å². The molecule has 1 aliphatic rings. The third kappa shape index (κ3) is 2.82. The molecule has 2 atom stereocenters. The average molecular weight is 206 g/mol. The van der Waals surface area contributed by atoms with Crippen LogP contribution in [0.1, 0.15) is 37.3 Å². The topological polar surface area (TPSA) is 37.3 Å². The zero-order valence-electron chi connectivity index (χ0n) is 9.53. The highest BCUT2D eigenvalue weighted by atomic mass is 16.4. The molecule has 82 valence electrons. The molecule has 15 heavy (non-hydrogen) atoms. The molecule has 0 amide bonds. The van der Waals surface area contributed by atoms with Crippen LogP contribution in [0, 0.1) is 12.8 Å². The zero-order chi connectivity index (χ0) is 11.4. The van der Waals surface area contributed by atoms with Crippen LogP contribution < -0.4 is 0 Å². The molecule has 1 aliphatic carbocycles. The Labute approximate surface area is 90.9 Å². The van der Waals surface area contributed by atoms with Gasteiger partial charge in [0.15, 0.2) is 0 Å². The monoisotopic (exact) mass is 206 g/mol. The van der Waals surface area contributed by atoms with Crippen molar-refractivity contribution in [3.8, 4) is 0 Å². The summed E-state index contributed by atoms with van der Waals surface area (Å²) in [5, 5.41) is 8.74. The van der Waals surface area contributed by atoms with Gasteiger partial charge in [-0.3, -0.25) is 4.79 Å². The second-order valence-corrected chi connectivity index (χ2v) is 3.70. The Kier molecular flexibility index (Phi) is 3.89. The minimum atomic E-state index is -0.662. The lowest BCUT2D eigenvalue weighted by Gasteiger charge is -1.98. The molecule has 1 aromatic rings. The molecule has 0 aliphatic heterocycles. The normalized spacial score (nSPS) is 22.6. The molecule has 2 unspecified atom stereocenters. The van der Waals surface area contributed by atoms with E-state index in [0.29, 0.717) is 0 Å². The first-order chi connectivity index (χ1) is 7.18. The lowest BCUT2D eigenvalue weighted by molar-refractivity contribution is -0.138. The van der Waals surface area contributed by atoms with Crippen molar-refractivity contribution in [2.45, 2.75) is 33.1 Å². The maximum absolute atomic E-state index is 10.6. The number of aryl methyl sites for hydroxylation is 1. The number of aliphatic carboxylic acids is 1. The SMILES string of the molecule is CC.Cc1ccc(C2CC2C(=O)O)cc1. The Hall–Kier alpha value is -1.31. The van der Waals surface area contributed by atoms with Gasteiger partial charge in [0.25, 0.3) is 0 Å². The Morgan fingerprint density at radius 2 is 1.80 bits per heavy atom. The van der Waals surface area contributed by atoms with E-state index < -0.39 is 5.97 Å². The van der Waals surface area contributed by atoms with E-state index in [9.17, 15) is 4.79 Å². The fourth-order valence-electron chi connectivity index (χ4n) is 1.65. The van der Waals surface area contributed by atoms with Gasteiger partial charge in [0.2, 0.25) is 0 Å². The summed E-state index contributed by atoms with van der Waals surface area (Å²) < 4.78 is 0. The maximum atomic E-state index is 10.6. The highest BCUT2D eigenvalue weighted by Crippen LogP contribution is 2.47. The Balaban J connectivity index is 0.000000531. The quantitative estimate of drug-likeness (QED) is 0.806. The van der Waals surface area contributed by atoms with Crippen LogP contribution in [0.4, 0.5) is 0 Å². The van der Waals surface area contributed by atoms with Crippen molar-refractivity contribution in [2.24, 2.45) is 5.92 Å². The van der Waals surface area contributed by atoms with Gasteiger partial charge in [0.1, 0.15) is 0 Å². The van der Waals surface area contributed by atoms with Gasteiger partial charge < -0.3 is 5.11 Å². The van der Waals surface area contributed by atoms with E-state index in [0.717, 1.165) is 12.0 Å². The highest BCUT2D eigenvalue weighted by molar-refractivity contribution is 5.75. The molecule has 0 spiro atoms. The van der Waals surface area contributed by atoms with Crippen LogP contribution in [0.25, 0.3) is 0 Å². The predicted octanol–water partition coefficient (Wildman–Crippen LogP) is 3.21. The number of hydrogen-bond donors (Lipinski definition) is 1. The molecule has 1 aromatic carbocycles. The van der Waals surface area contributed by atoms with Gasteiger partial charge in [-0.2, -0.15) is 0 Å². The van der Waals surface area contributed by atoms with Crippen LogP contribution in [-0.4, -0.2) is 11.1 Å². The van der Waals surface area contributed by atoms with Gasteiger partial charge in [-0.05, 0) is 24.8 Å². The van der Waals surface area contributed by atoms with Crippen molar-refractivity contribution in [3.05, 3.63) is 35.4 Å². The third-order valence-corrected chi connectivity index (χ3v) is 2.61. The zero-order valence-corrected chi connectivity index (χ0v) is 9.53. The minimum Gasteiger partial charge on any atom is -0.481 e. The van der Waals surface area contributed by atoms with Crippen LogP contribution in [0.2, 0.25) is 0 Å². The maximum Gasteiger partial charge on any atom is 0.307 e. The first kappa shape index (κ1) is 11.8. The van der Waals surface area contributed by atoms with Crippen LogP contribution in [-0.2, 0) is 4.79 Å². The molecule has 2 heteroatoms. The van der Waals surface area contributed by atoms with Crippen LogP contribution >= 0.6 is 0 Å². The molecular weight excluding hydrogens is 188 g/mol. The summed E-state index contributed by atoms with van der Waals surface area (Å²) in [5.41, 5.74) is 2.38. The van der Waals surface area contributed by atoms with E-state index in [1.807, 2.05) is 45.0 Å². The summed E-state index contributed by atoms with van der Waals surface area (Å²) in [6.45, 7) is 6.03. The van der Waals surface area contributed by atoms with Crippen molar-refractivity contribution < 1.29 is 9.90 Å². The van der Waals surface area contributed by atoms with Gasteiger partial charge in [-0.1, -0.05) is 43.7 Å². The Morgan fingerprint density at radius 3 is 2.20 bits per heavy atom. The average Bonchev–Trinajstić information content (AvgIpc) is 3.02. The minimum absolute atomic E-state index is 0.136. The van der Waals surface area contributed by atoms with Crippen molar-refractivity contribution in [2.75, 3.05) is 0 Å². The Bertz CT molecular complexity index is 327. The highest BCUT2D eigenvalue weighted by Gasteiger charge is 2.43. The van der Waals surface area contributed by atoms with Crippen LogP contribution in [0.15, 0.2) is 24.3 Å². The van der Waals surface area contributed by atoms with Crippen LogP contribution in [0.3, 0.4) is 0 Å². The van der Waals surface area contributed by atoms with Crippen molar-refractivity contribution in [1.29, 1.82) is 0 Å². The first-order valence-corrected chi connectivity index (χ1v) is 5.48. The Morgan fingerprint density at radius 1 is 1.27 bits per heavy atom. The molecule has 1 saturated carbocycles. The molecule has 0 radical (unpaired) electrons. The van der Waals surface area contributed by atoms with Crippen molar-refractivity contribution >= 4 is 5.97 Å². The summed E-state index contributed by atoms with van der Waals surface area (Å²) >= 11 is 0. The van der Waals surface area contributed by atoms with Gasteiger partial charge in [-0.25, -0.2) is 0 Å². The summed E-state index contributed by atoms with van der Waals surface area (Å²) in [7, 11) is 0. The lowest BCUT2D eigenvalue weighted by Crippen LogP contribution is -1.98. The molecule has 0 saturated heterocycles. The lowest BCUT2D eigenvalue weighted by atomic mass is 10.1. The summed E-state index contributed by atoms with van der Waals surface area (Å²) in [6.07, 6.45) is 0.804. The van der Waals surface area contributed by atoms with E-state index in [4.69, 9.17) is 5.11 Å². The molecule has 1 N–H and O–H groups in total. The number of carboxylic acid groups (broad SMARTS) is 1. The summed E-state index contributed by atoms with van der Waals surface area (Å²) in [4.78, 5) is 10.6. The number of benzene rings is 1. The van der Waals surface area contributed by atoms with Gasteiger partial charge >= 0.3 is 5.97 Å². The number of rotatable bonds is 2. The molecule has 0 bridgehead atoms. The molecule has 2 rings (SSSR count). The fourth-order valence-corrected chi connectivity index (χ4v) is 1.65. The van der Waals surface area contributed by atoms with E-state index >= 15 is 0 Å². The van der Waals surface area contributed by atoms with Crippen molar-refractivity contribution in [1.82, 2.24) is 0 Å². The van der Waals surface area contributed by atoms with Gasteiger partial charge in [-0.15, -0.1) is 0 Å². The standard InChI is InChI=1S/C11H12O2.C2H6/c1-7-2-4-8(5-3-7)9-6-10(9)11(12)13;1-2/h2-5,9-10H,6H2,1H3,(H,12,13);1-2H3. The van der Waals surface area contributed by atoms with E-state index in [-0.39, 0.29) is 11.8 Å². The molecule has 1 fully saturated rings. The number of carboxylic acids is 1. The summed E-state index contributed by atoms with van der Waals surface area (Å²) in [5.74, 6) is -0.536. The van der Waals surface area contributed by atoms with Crippen molar-refractivity contribution in [3.63, 3.8) is 0 Å². The molecule has 2 nitrogen and oxygen atoms in total. The molecule has 0 aromatic heterocycles. The number of hydrogen-bond acceptors (Lipinski definition) is 1. The second-order valence-electron chi connectivity index (χ2n) is 3.70. The van der Waals surface area contributed by atoms with E-state index in [1.165, 1.54) is 5.56 Å². The third-order valence-electron chi connectivity index (χ3n) is 2.61. The molecule has 0 heterocycles. The van der Waals surface area contributed by atoms with E-state index in [1.54, 1.807) is 0 Å². The second kappa shape index (κ2) is 4.96. The van der Waals surface area contributed by atoms with Gasteiger partial charge in [0.05, 0.1) is 5.92 Å². The van der Waals surface area contributed by atoms with E-state index in [2.05, 4.69) is 0 Å². The number of carbonyl (C=O) groups is 1. The smallest absolute Gasteiger partial charge is 0.307 e. The predicted molar refractivity (Wildman–Crippen MR) is 61.0 cm³/mol. The molecular formula is C13H18O2. The van der Waals surface area contributed by atoms with Crippen LogP contribution in [0.5, 0.6) is 0 Å².